The molecule has 130 valence electrons. The molecule has 4 rings (SSSR count). The summed E-state index contributed by atoms with van der Waals surface area (Å²) < 4.78 is 18.1. The summed E-state index contributed by atoms with van der Waals surface area (Å²) in [5.41, 5.74) is 0.877. The van der Waals surface area contributed by atoms with Crippen molar-refractivity contribution in [1.29, 1.82) is 0 Å². The van der Waals surface area contributed by atoms with Crippen LogP contribution in [0.25, 0.3) is 0 Å². The van der Waals surface area contributed by atoms with Gasteiger partial charge in [0.05, 0.1) is 12.3 Å². The molecular formula is C16H16N4O4S. The smallest absolute Gasteiger partial charge is 0.252 e. The Hall–Kier alpha value is -2.68. The first-order valence-corrected chi connectivity index (χ1v) is 8.65. The van der Waals surface area contributed by atoms with Crippen molar-refractivity contribution in [2.75, 3.05) is 24.1 Å². The second-order valence-corrected chi connectivity index (χ2v) is 6.65. The summed E-state index contributed by atoms with van der Waals surface area (Å²) in [7, 11) is 0. The zero-order valence-corrected chi connectivity index (χ0v) is 14.4. The third kappa shape index (κ3) is 3.02. The van der Waals surface area contributed by atoms with Gasteiger partial charge in [-0.3, -0.25) is 4.79 Å². The fourth-order valence-electron chi connectivity index (χ4n) is 2.56. The number of benzene rings is 1. The molecule has 0 unspecified atom stereocenters. The van der Waals surface area contributed by atoms with Crippen LogP contribution >= 0.6 is 11.8 Å². The normalized spacial score (nSPS) is 15.2. The molecular weight excluding hydrogens is 344 g/mol. The van der Waals surface area contributed by atoms with Crippen LogP contribution in [-0.4, -0.2) is 39.9 Å². The molecule has 0 atom stereocenters. The maximum atomic E-state index is 12.3. The Morgan fingerprint density at radius 1 is 1.36 bits per heavy atom. The Balaban J connectivity index is 1.55. The van der Waals surface area contributed by atoms with E-state index in [1.54, 1.807) is 27.9 Å². The molecule has 0 aliphatic carbocycles. The lowest BCUT2D eigenvalue weighted by atomic mass is 10.3. The largest absolute Gasteiger partial charge is 0.485 e. The first kappa shape index (κ1) is 15.8. The van der Waals surface area contributed by atoms with Crippen LogP contribution < -0.4 is 19.2 Å². The van der Waals surface area contributed by atoms with Crippen LogP contribution in [0.15, 0.2) is 35.5 Å². The zero-order chi connectivity index (χ0) is 17.4. The van der Waals surface area contributed by atoms with E-state index in [2.05, 4.69) is 16.8 Å². The molecule has 0 N–H and O–H groups in total. The van der Waals surface area contributed by atoms with Gasteiger partial charge < -0.3 is 14.2 Å². The molecule has 0 radical (unpaired) electrons. The van der Waals surface area contributed by atoms with Crippen molar-refractivity contribution in [3.63, 3.8) is 0 Å². The van der Waals surface area contributed by atoms with Crippen LogP contribution in [0, 0.1) is 0 Å². The van der Waals surface area contributed by atoms with Gasteiger partial charge >= 0.3 is 0 Å². The molecule has 0 saturated heterocycles. The van der Waals surface area contributed by atoms with Gasteiger partial charge in [-0.1, -0.05) is 23.9 Å². The molecule has 3 heterocycles. The Morgan fingerprint density at radius 3 is 3.04 bits per heavy atom. The maximum absolute atomic E-state index is 12.3. The summed E-state index contributed by atoms with van der Waals surface area (Å²) in [6, 6.07) is 5.36. The lowest BCUT2D eigenvalue weighted by Crippen LogP contribution is -2.46. The van der Waals surface area contributed by atoms with Crippen molar-refractivity contribution < 1.29 is 19.0 Å². The molecule has 8 nitrogen and oxygen atoms in total. The molecule has 1 aromatic heterocycles. The van der Waals surface area contributed by atoms with E-state index in [-0.39, 0.29) is 19.3 Å². The fourth-order valence-corrected chi connectivity index (χ4v) is 3.39. The van der Waals surface area contributed by atoms with Crippen LogP contribution in [0.1, 0.15) is 12.7 Å². The molecule has 0 fully saturated rings. The molecule has 9 heteroatoms. The minimum absolute atomic E-state index is 0.00960. The summed E-state index contributed by atoms with van der Waals surface area (Å²) in [5.74, 6) is 2.85. The second kappa shape index (κ2) is 6.32. The van der Waals surface area contributed by atoms with Crippen molar-refractivity contribution >= 4 is 17.7 Å². The van der Waals surface area contributed by atoms with Gasteiger partial charge in [0.25, 0.3) is 5.91 Å². The lowest BCUT2D eigenvalue weighted by Gasteiger charge is -2.29. The van der Waals surface area contributed by atoms with Gasteiger partial charge in [-0.25, -0.2) is 9.69 Å². The summed E-state index contributed by atoms with van der Waals surface area (Å²) in [6.07, 6.45) is 0. The number of nitrogens with zero attached hydrogens (tertiary/aromatic N) is 4. The second-order valence-electron chi connectivity index (χ2n) is 5.71. The summed E-state index contributed by atoms with van der Waals surface area (Å²) in [5, 5.41) is 10.6. The number of carbonyl (C=O) groups excluding carboxylic acids is 1. The summed E-state index contributed by atoms with van der Waals surface area (Å²) >= 11 is 1.36. The zero-order valence-electron chi connectivity index (χ0n) is 13.6. The molecule has 2 aliphatic rings. The van der Waals surface area contributed by atoms with E-state index >= 15 is 0 Å². The number of amides is 1. The number of ether oxygens (including phenoxy) is 3. The third-order valence-electron chi connectivity index (χ3n) is 3.66. The van der Waals surface area contributed by atoms with Crippen molar-refractivity contribution in [2.24, 2.45) is 0 Å². The van der Waals surface area contributed by atoms with Crippen LogP contribution in [0.4, 0.5) is 0 Å². The van der Waals surface area contributed by atoms with E-state index in [0.29, 0.717) is 40.5 Å². The number of fused-ring (bicyclic) bond motifs is 2. The van der Waals surface area contributed by atoms with Gasteiger partial charge in [-0.2, -0.15) is 0 Å². The Morgan fingerprint density at radius 2 is 2.20 bits per heavy atom. The van der Waals surface area contributed by atoms with E-state index in [9.17, 15) is 4.79 Å². The highest BCUT2D eigenvalue weighted by Crippen LogP contribution is 2.35. The van der Waals surface area contributed by atoms with Gasteiger partial charge in [0, 0.05) is 6.07 Å². The van der Waals surface area contributed by atoms with Crippen molar-refractivity contribution in [1.82, 2.24) is 14.9 Å². The first-order valence-electron chi connectivity index (χ1n) is 7.66. The van der Waals surface area contributed by atoms with Crippen molar-refractivity contribution in [3.8, 4) is 17.2 Å². The minimum atomic E-state index is -0.00960. The average molecular weight is 360 g/mol. The van der Waals surface area contributed by atoms with Crippen molar-refractivity contribution in [2.45, 2.75) is 18.7 Å². The summed E-state index contributed by atoms with van der Waals surface area (Å²) in [6.45, 7) is 6.57. The number of carbonyl (C=O) groups is 1. The standard InChI is InChI=1S/C16H16N4O4S/c1-10(2)6-19-15(21)8-25-16-18-17-14(20(16)19)7-22-11-3-4-12-13(5-11)24-9-23-12/h3-5H,1,6-9H2,2H3. The van der Waals surface area contributed by atoms with Crippen LogP contribution in [0.5, 0.6) is 17.2 Å². The SMILES string of the molecule is C=C(C)CN1C(=O)CSc2nnc(COc3ccc4c(c3)OCO4)n21. The maximum Gasteiger partial charge on any atom is 0.252 e. The molecule has 1 amide bonds. The quantitative estimate of drug-likeness (QED) is 0.752. The van der Waals surface area contributed by atoms with Crippen LogP contribution in [-0.2, 0) is 11.4 Å². The average Bonchev–Trinajstić information content (AvgIpc) is 3.21. The van der Waals surface area contributed by atoms with Crippen LogP contribution in [0.2, 0.25) is 0 Å². The molecule has 0 spiro atoms. The summed E-state index contributed by atoms with van der Waals surface area (Å²) in [4.78, 5) is 12.3. The number of hydrogen-bond donors (Lipinski definition) is 0. The van der Waals surface area contributed by atoms with Gasteiger partial charge in [0.1, 0.15) is 12.4 Å². The number of aromatic nitrogens is 3. The third-order valence-corrected chi connectivity index (χ3v) is 4.57. The number of rotatable bonds is 5. The number of hydrogen-bond acceptors (Lipinski definition) is 7. The van der Waals surface area contributed by atoms with E-state index in [1.165, 1.54) is 11.8 Å². The molecule has 0 bridgehead atoms. The minimum Gasteiger partial charge on any atom is -0.485 e. The topological polar surface area (TPSA) is 78.7 Å². The molecule has 25 heavy (non-hydrogen) atoms. The van der Waals surface area contributed by atoms with E-state index < -0.39 is 0 Å². The molecule has 0 saturated carbocycles. The van der Waals surface area contributed by atoms with E-state index in [0.717, 1.165) is 5.57 Å². The van der Waals surface area contributed by atoms with Gasteiger partial charge in [0.2, 0.25) is 11.9 Å². The predicted molar refractivity (Wildman–Crippen MR) is 90.5 cm³/mol. The van der Waals surface area contributed by atoms with Crippen molar-refractivity contribution in [3.05, 3.63) is 36.2 Å². The Labute approximate surface area is 148 Å². The lowest BCUT2D eigenvalue weighted by molar-refractivity contribution is -0.118. The number of thioether (sulfide) groups is 1. The monoisotopic (exact) mass is 360 g/mol. The molecule has 2 aromatic rings. The van der Waals surface area contributed by atoms with Gasteiger partial charge in [0.15, 0.2) is 17.3 Å². The van der Waals surface area contributed by atoms with Gasteiger partial charge in [-0.05, 0) is 19.1 Å². The Bertz CT molecular complexity index is 851. The fraction of sp³-hybridized carbons (Fsp3) is 0.312. The highest BCUT2D eigenvalue weighted by Gasteiger charge is 2.29. The predicted octanol–water partition coefficient (Wildman–Crippen LogP) is 1.73. The van der Waals surface area contributed by atoms with E-state index in [1.807, 2.05) is 6.92 Å². The highest BCUT2D eigenvalue weighted by molar-refractivity contribution is 7.99. The van der Waals surface area contributed by atoms with E-state index in [4.69, 9.17) is 14.2 Å². The van der Waals surface area contributed by atoms with Gasteiger partial charge in [-0.15, -0.1) is 10.2 Å². The first-order chi connectivity index (χ1) is 12.1. The Kier molecular flexibility index (Phi) is 4.00. The van der Waals surface area contributed by atoms with Crippen LogP contribution in [0.3, 0.4) is 0 Å². The molecule has 2 aliphatic heterocycles. The highest BCUT2D eigenvalue weighted by atomic mass is 32.2. The molecule has 1 aromatic carbocycles.